The molecule has 3 heterocycles. The molecule has 0 amide bonds. The molecule has 2 aromatic heterocycles. The molecule has 0 unspecified atom stereocenters. The molecule has 1 aliphatic heterocycles. The van der Waals surface area contributed by atoms with E-state index in [-0.39, 0.29) is 18.7 Å². The first-order valence-electron chi connectivity index (χ1n) is 12.1. The van der Waals surface area contributed by atoms with Crippen LogP contribution in [0.4, 0.5) is 0 Å². The Balaban J connectivity index is 1.85. The summed E-state index contributed by atoms with van der Waals surface area (Å²) in [4.78, 5) is 5.62. The minimum Gasteiger partial charge on any atom is -0.344 e. The van der Waals surface area contributed by atoms with Crippen molar-refractivity contribution in [2.24, 2.45) is 0 Å². The van der Waals surface area contributed by atoms with Crippen LogP contribution >= 0.6 is 0 Å². The van der Waals surface area contributed by atoms with E-state index in [4.69, 9.17) is 11.0 Å². The van der Waals surface area contributed by atoms with Crippen LogP contribution in [-0.4, -0.2) is 28.0 Å². The molecule has 0 N–H and O–H groups in total. The first kappa shape index (κ1) is 8.82. The van der Waals surface area contributed by atoms with Gasteiger partial charge in [0.25, 0.3) is 0 Å². The molecule has 0 fully saturated rings. The van der Waals surface area contributed by atoms with Gasteiger partial charge in [-0.2, -0.15) is 0 Å². The minimum atomic E-state index is -2.29. The summed E-state index contributed by atoms with van der Waals surface area (Å²) in [6, 6.07) is 8.35. The summed E-state index contributed by atoms with van der Waals surface area (Å²) in [5.74, 6) is 0. The van der Waals surface area contributed by atoms with E-state index in [2.05, 4.69) is 4.98 Å². The van der Waals surface area contributed by atoms with E-state index in [1.165, 1.54) is 11.1 Å². The lowest BCUT2D eigenvalue weighted by Gasteiger charge is -2.24. The van der Waals surface area contributed by atoms with Gasteiger partial charge in [-0.15, -0.1) is 0 Å². The third-order valence-electron chi connectivity index (χ3n) is 4.61. The molecule has 0 bridgehead atoms. The van der Waals surface area contributed by atoms with Crippen molar-refractivity contribution in [3.05, 3.63) is 64.6 Å². The van der Waals surface area contributed by atoms with Crippen LogP contribution in [0.2, 0.25) is 0 Å². The van der Waals surface area contributed by atoms with E-state index >= 15 is 0 Å². The van der Waals surface area contributed by atoms with Gasteiger partial charge in [0.05, 0.1) is 0 Å². The average molecular weight is 328 g/mol. The average Bonchev–Trinajstić information content (AvgIpc) is 2.99. The fraction of sp³-hybridized carbons (Fsp3) is 0.381. The number of benzene rings is 1. The topological polar surface area (TPSA) is 21.1 Å². The van der Waals surface area contributed by atoms with Gasteiger partial charge in [-0.05, 0) is 56.5 Å². The quantitative estimate of drug-likeness (QED) is 0.728. The monoisotopic (exact) mass is 327 g/mol. The molecule has 0 atom stereocenters. The number of rotatable bonds is 3. The van der Waals surface area contributed by atoms with Crippen LogP contribution in [0.15, 0.2) is 36.5 Å². The van der Waals surface area contributed by atoms with Crippen molar-refractivity contribution in [3.8, 4) is 0 Å². The highest BCUT2D eigenvalue weighted by atomic mass is 15.1. The first-order chi connectivity index (χ1) is 14.8. The summed E-state index contributed by atoms with van der Waals surface area (Å²) in [6.45, 7) is -2.20. The summed E-state index contributed by atoms with van der Waals surface area (Å²) < 4.78 is 66.0. The predicted molar refractivity (Wildman–Crippen MR) is 99.4 cm³/mol. The Bertz CT molecular complexity index is 1140. The van der Waals surface area contributed by atoms with Crippen LogP contribution in [0.25, 0.3) is 10.9 Å². The van der Waals surface area contributed by atoms with E-state index in [1.807, 2.05) is 11.5 Å². The Morgan fingerprint density at radius 2 is 2.25 bits per heavy atom. The molecule has 0 spiro atoms. The van der Waals surface area contributed by atoms with Crippen molar-refractivity contribution in [2.45, 2.75) is 39.7 Å². The number of fused-ring (bicyclic) bond motifs is 3. The Morgan fingerprint density at radius 1 is 1.29 bits per heavy atom. The molecule has 24 heavy (non-hydrogen) atoms. The van der Waals surface area contributed by atoms with Crippen LogP contribution in [-0.2, 0) is 25.9 Å². The molecular formula is C21H25N3. The number of hydrogen-bond acceptors (Lipinski definition) is 2. The number of pyridine rings is 1. The zero-order valence-corrected chi connectivity index (χ0v) is 13.6. The van der Waals surface area contributed by atoms with Gasteiger partial charge >= 0.3 is 0 Å². The summed E-state index contributed by atoms with van der Waals surface area (Å²) in [6.07, 6.45) is 0.259. The molecule has 0 radical (unpaired) electrons. The molecule has 0 saturated carbocycles. The van der Waals surface area contributed by atoms with Crippen molar-refractivity contribution in [3.63, 3.8) is 0 Å². The van der Waals surface area contributed by atoms with Crippen molar-refractivity contribution in [1.29, 1.82) is 0 Å². The normalized spacial score (nSPS) is 21.5. The van der Waals surface area contributed by atoms with Gasteiger partial charge in [0.1, 0.15) is 0 Å². The number of likely N-dealkylation sites (N-methyl/N-ethyl adjacent to an activating group) is 1. The zero-order valence-electron chi connectivity index (χ0n) is 21.6. The second-order valence-electron chi connectivity index (χ2n) is 6.28. The minimum absolute atomic E-state index is 0.0183. The van der Waals surface area contributed by atoms with Crippen molar-refractivity contribution in [2.75, 3.05) is 13.5 Å². The highest BCUT2D eigenvalue weighted by molar-refractivity contribution is 5.86. The van der Waals surface area contributed by atoms with E-state index in [0.29, 0.717) is 29.4 Å². The largest absolute Gasteiger partial charge is 0.344 e. The standard InChI is InChI=1S/C21H25N3/c1-15-4-7-20-18(12-15)19-14-23(3)10-9-21(19)24(20)11-8-17-6-5-16(2)22-13-17/h4-7,12-13H,8-11,14H2,1-3H3/i1D3,3D3,8D2. The molecule has 4 rings (SSSR count). The van der Waals surface area contributed by atoms with Crippen molar-refractivity contribution in [1.82, 2.24) is 14.5 Å². The van der Waals surface area contributed by atoms with E-state index in [0.717, 1.165) is 17.0 Å². The van der Waals surface area contributed by atoms with Crippen LogP contribution in [0, 0.1) is 13.8 Å². The lowest BCUT2D eigenvalue weighted by Crippen LogP contribution is -2.27. The second-order valence-corrected chi connectivity index (χ2v) is 6.28. The predicted octanol–water partition coefficient (Wildman–Crippen LogP) is 3.88. The van der Waals surface area contributed by atoms with E-state index in [1.54, 1.807) is 30.3 Å². The van der Waals surface area contributed by atoms with Gasteiger partial charge in [-0.1, -0.05) is 17.7 Å². The van der Waals surface area contributed by atoms with E-state index < -0.39 is 20.2 Å². The molecule has 3 nitrogen and oxygen atoms in total. The van der Waals surface area contributed by atoms with Gasteiger partial charge in [0.2, 0.25) is 0 Å². The Morgan fingerprint density at radius 3 is 3.04 bits per heavy atom. The van der Waals surface area contributed by atoms with Gasteiger partial charge in [-0.25, -0.2) is 0 Å². The summed E-state index contributed by atoms with van der Waals surface area (Å²) in [7, 11) is 0. The Labute approximate surface area is 155 Å². The van der Waals surface area contributed by atoms with Crippen molar-refractivity contribution >= 4 is 10.9 Å². The van der Waals surface area contributed by atoms with Crippen LogP contribution in [0.1, 0.15) is 39.0 Å². The van der Waals surface area contributed by atoms with E-state index in [9.17, 15) is 0 Å². The molecule has 3 heteroatoms. The Hall–Kier alpha value is -2.13. The summed E-state index contributed by atoms with van der Waals surface area (Å²) in [5, 5.41) is 0.667. The SMILES string of the molecule is [2H]C([2H])([2H])c1ccc2c(c1)c1c(n2CC([2H])([2H])c2ccc(C)nc2)CCN(C([2H])([2H])[2H])C1. The highest BCUT2D eigenvalue weighted by Crippen LogP contribution is 2.31. The summed E-state index contributed by atoms with van der Waals surface area (Å²) in [5.41, 5.74) is 3.76. The van der Waals surface area contributed by atoms with Crippen molar-refractivity contribution < 1.29 is 11.0 Å². The lowest BCUT2D eigenvalue weighted by atomic mass is 10.0. The molecule has 0 aliphatic carbocycles. The fourth-order valence-electron chi connectivity index (χ4n) is 3.37. The van der Waals surface area contributed by atoms with Gasteiger partial charge in [0, 0.05) is 65.5 Å². The number of aromatic nitrogens is 2. The van der Waals surface area contributed by atoms with Gasteiger partial charge in [0.15, 0.2) is 0 Å². The summed E-state index contributed by atoms with van der Waals surface area (Å²) >= 11 is 0. The highest BCUT2D eigenvalue weighted by Gasteiger charge is 2.22. The van der Waals surface area contributed by atoms with Crippen LogP contribution in [0.5, 0.6) is 0 Å². The lowest BCUT2D eigenvalue weighted by molar-refractivity contribution is 0.309. The maximum absolute atomic E-state index is 8.70. The van der Waals surface area contributed by atoms with Gasteiger partial charge in [-0.3, -0.25) is 4.98 Å². The van der Waals surface area contributed by atoms with Gasteiger partial charge < -0.3 is 9.47 Å². The first-order valence-corrected chi connectivity index (χ1v) is 8.10. The third kappa shape index (κ3) is 2.73. The molecule has 124 valence electrons. The Kier molecular flexibility index (Phi) is 2.23. The fourth-order valence-corrected chi connectivity index (χ4v) is 3.37. The third-order valence-corrected chi connectivity index (χ3v) is 4.61. The smallest absolute Gasteiger partial charge is 0.0486 e. The second kappa shape index (κ2) is 6.06. The molecule has 3 aromatic rings. The maximum Gasteiger partial charge on any atom is 0.0486 e. The molecule has 0 saturated heterocycles. The van der Waals surface area contributed by atoms with Crippen LogP contribution in [0.3, 0.4) is 0 Å². The number of hydrogen-bond donors (Lipinski definition) is 0. The van der Waals surface area contributed by atoms with Crippen LogP contribution < -0.4 is 0 Å². The maximum atomic E-state index is 8.70. The zero-order chi connectivity index (χ0) is 23.5. The number of aryl methyl sites for hydroxylation is 4. The molecule has 1 aliphatic rings. The number of nitrogens with zero attached hydrogens (tertiary/aromatic N) is 3. The molecule has 1 aromatic carbocycles. The molecular weight excluding hydrogens is 294 g/mol.